The summed E-state index contributed by atoms with van der Waals surface area (Å²) in [6.45, 7) is 8.38. The van der Waals surface area contributed by atoms with Gasteiger partial charge in [-0.1, -0.05) is 26.1 Å². The first kappa shape index (κ1) is 14.6. The van der Waals surface area contributed by atoms with Crippen LogP contribution in [0.2, 0.25) is 0 Å². The van der Waals surface area contributed by atoms with Gasteiger partial charge >= 0.3 is 0 Å². The van der Waals surface area contributed by atoms with Crippen molar-refractivity contribution in [3.63, 3.8) is 0 Å². The summed E-state index contributed by atoms with van der Waals surface area (Å²) in [6.07, 6.45) is 0. The van der Waals surface area contributed by atoms with Crippen molar-refractivity contribution in [2.75, 3.05) is 0 Å². The average Bonchev–Trinajstić information content (AvgIpc) is 2.66. The van der Waals surface area contributed by atoms with Gasteiger partial charge in [-0.05, 0) is 25.8 Å². The number of amides is 1. The van der Waals surface area contributed by atoms with Gasteiger partial charge in [0.1, 0.15) is 5.69 Å². The first-order chi connectivity index (χ1) is 8.36. The summed E-state index contributed by atoms with van der Waals surface area (Å²) < 4.78 is 1.67. The van der Waals surface area contributed by atoms with Crippen LogP contribution in [0.25, 0.3) is 0 Å². The molecule has 1 heterocycles. The molecule has 1 atom stereocenters. The molecule has 0 aliphatic rings. The predicted molar refractivity (Wildman–Crippen MR) is 75.5 cm³/mol. The molecule has 0 fully saturated rings. The molecular formula is C12H20N4OS. The van der Waals surface area contributed by atoms with E-state index < -0.39 is 0 Å². The molecule has 5 nitrogen and oxygen atoms in total. The lowest BCUT2D eigenvalue weighted by Crippen LogP contribution is -2.47. The summed E-state index contributed by atoms with van der Waals surface area (Å²) in [5.41, 5.74) is 6.99. The van der Waals surface area contributed by atoms with Gasteiger partial charge in [-0.25, -0.2) is 0 Å². The summed E-state index contributed by atoms with van der Waals surface area (Å²) in [5, 5.41) is 7.09. The minimum atomic E-state index is -0.298. The molecule has 3 N–H and O–H groups in total. The van der Waals surface area contributed by atoms with Gasteiger partial charge in [0, 0.05) is 6.54 Å². The summed E-state index contributed by atoms with van der Waals surface area (Å²) in [7, 11) is 0. The quantitative estimate of drug-likeness (QED) is 0.788. The smallest absolute Gasteiger partial charge is 0.270 e. The van der Waals surface area contributed by atoms with Crippen molar-refractivity contribution in [1.29, 1.82) is 0 Å². The number of hydrogen-bond donors (Lipinski definition) is 2. The predicted octanol–water partition coefficient (Wildman–Crippen LogP) is 1.25. The highest BCUT2D eigenvalue weighted by Crippen LogP contribution is 2.07. The van der Waals surface area contributed by atoms with Crippen LogP contribution in [0.15, 0.2) is 6.07 Å². The van der Waals surface area contributed by atoms with Gasteiger partial charge in [-0.3, -0.25) is 9.48 Å². The van der Waals surface area contributed by atoms with Gasteiger partial charge in [-0.15, -0.1) is 0 Å². The lowest BCUT2D eigenvalue weighted by Gasteiger charge is -2.21. The third-order valence-electron chi connectivity index (χ3n) is 2.69. The number of carbonyl (C=O) groups excluding carboxylic acids is 1. The molecule has 0 spiro atoms. The number of nitrogens with two attached hydrogens (primary N) is 1. The maximum absolute atomic E-state index is 12.2. The van der Waals surface area contributed by atoms with Crippen LogP contribution in [0.1, 0.15) is 37.0 Å². The van der Waals surface area contributed by atoms with Gasteiger partial charge in [-0.2, -0.15) is 5.10 Å². The zero-order valence-electron chi connectivity index (χ0n) is 11.2. The van der Waals surface area contributed by atoms with Crippen LogP contribution in [0.4, 0.5) is 0 Å². The second-order valence-electron chi connectivity index (χ2n) is 4.58. The van der Waals surface area contributed by atoms with Crippen molar-refractivity contribution in [3.8, 4) is 0 Å². The van der Waals surface area contributed by atoms with Crippen molar-refractivity contribution < 1.29 is 4.79 Å². The fraction of sp³-hybridized carbons (Fsp3) is 0.583. The minimum Gasteiger partial charge on any atom is -0.392 e. The fourth-order valence-electron chi connectivity index (χ4n) is 1.75. The van der Waals surface area contributed by atoms with E-state index in [-0.39, 0.29) is 17.9 Å². The number of rotatable bonds is 5. The van der Waals surface area contributed by atoms with Gasteiger partial charge in [0.15, 0.2) is 0 Å². The topological polar surface area (TPSA) is 72.9 Å². The monoisotopic (exact) mass is 268 g/mol. The van der Waals surface area contributed by atoms with E-state index in [1.165, 1.54) is 0 Å². The number of nitrogens with zero attached hydrogens (tertiary/aromatic N) is 2. The molecule has 100 valence electrons. The number of carbonyl (C=O) groups is 1. The van der Waals surface area contributed by atoms with Crippen molar-refractivity contribution in [2.45, 2.75) is 40.3 Å². The maximum atomic E-state index is 12.2. The fourth-order valence-corrected chi connectivity index (χ4v) is 2.08. The molecule has 0 saturated carbocycles. The Morgan fingerprint density at radius 2 is 2.22 bits per heavy atom. The Balaban J connectivity index is 2.90. The van der Waals surface area contributed by atoms with Crippen LogP contribution in [0.3, 0.4) is 0 Å². The molecule has 0 aromatic carbocycles. The van der Waals surface area contributed by atoms with E-state index in [4.69, 9.17) is 18.0 Å². The number of hydrogen-bond acceptors (Lipinski definition) is 3. The number of nitrogens with one attached hydrogen (secondary N) is 1. The minimum absolute atomic E-state index is 0.158. The first-order valence-electron chi connectivity index (χ1n) is 6.01. The Bertz CT molecular complexity index is 453. The molecule has 1 rings (SSSR count). The SMILES string of the molecule is CCn1nc(C)cc1C(=O)NC(C(N)=S)C(C)C. The van der Waals surface area contributed by atoms with Crippen LogP contribution in [-0.4, -0.2) is 26.7 Å². The van der Waals surface area contributed by atoms with E-state index in [1.807, 2.05) is 27.7 Å². The van der Waals surface area contributed by atoms with Gasteiger partial charge in [0.25, 0.3) is 5.91 Å². The van der Waals surface area contributed by atoms with Gasteiger partial charge in [0.05, 0.1) is 16.7 Å². The molecule has 0 bridgehead atoms. The molecule has 1 aromatic heterocycles. The molecule has 0 aliphatic heterocycles. The molecule has 1 aromatic rings. The molecule has 0 radical (unpaired) electrons. The lowest BCUT2D eigenvalue weighted by atomic mass is 10.0. The first-order valence-corrected chi connectivity index (χ1v) is 6.42. The number of aromatic nitrogens is 2. The second-order valence-corrected chi connectivity index (χ2v) is 5.06. The standard InChI is InChI=1S/C12H20N4OS/c1-5-16-9(6-8(4)15-16)12(17)14-10(7(2)3)11(13)18/h6-7,10H,5H2,1-4H3,(H2,13,18)(H,14,17). The van der Waals surface area contributed by atoms with Crippen molar-refractivity contribution in [2.24, 2.45) is 11.7 Å². The van der Waals surface area contributed by atoms with Gasteiger partial charge in [0.2, 0.25) is 0 Å². The third kappa shape index (κ3) is 3.29. The number of aryl methyl sites for hydroxylation is 2. The van der Waals surface area contributed by atoms with E-state index in [0.717, 1.165) is 5.69 Å². The van der Waals surface area contributed by atoms with Crippen LogP contribution in [-0.2, 0) is 6.54 Å². The summed E-state index contributed by atoms with van der Waals surface area (Å²) >= 11 is 4.97. The summed E-state index contributed by atoms with van der Waals surface area (Å²) in [4.78, 5) is 12.5. The summed E-state index contributed by atoms with van der Waals surface area (Å²) in [6, 6.07) is 1.46. The zero-order valence-corrected chi connectivity index (χ0v) is 12.0. The largest absolute Gasteiger partial charge is 0.392 e. The average molecular weight is 268 g/mol. The van der Waals surface area contributed by atoms with E-state index in [1.54, 1.807) is 10.7 Å². The molecule has 0 aliphatic carbocycles. The van der Waals surface area contributed by atoms with Crippen molar-refractivity contribution >= 4 is 23.1 Å². The third-order valence-corrected chi connectivity index (χ3v) is 2.95. The van der Waals surface area contributed by atoms with Gasteiger partial charge < -0.3 is 11.1 Å². The molecule has 18 heavy (non-hydrogen) atoms. The molecule has 6 heteroatoms. The maximum Gasteiger partial charge on any atom is 0.270 e. The Morgan fingerprint density at radius 1 is 1.61 bits per heavy atom. The molecule has 0 saturated heterocycles. The highest BCUT2D eigenvalue weighted by atomic mass is 32.1. The van der Waals surface area contributed by atoms with E-state index >= 15 is 0 Å². The highest BCUT2D eigenvalue weighted by Gasteiger charge is 2.21. The van der Waals surface area contributed by atoms with E-state index in [9.17, 15) is 4.79 Å². The van der Waals surface area contributed by atoms with Crippen LogP contribution >= 0.6 is 12.2 Å². The Morgan fingerprint density at radius 3 is 2.67 bits per heavy atom. The Labute approximate surface area is 113 Å². The number of thiocarbonyl (C=S) groups is 1. The van der Waals surface area contributed by atoms with E-state index in [0.29, 0.717) is 17.2 Å². The van der Waals surface area contributed by atoms with Crippen LogP contribution in [0, 0.1) is 12.8 Å². The normalized spacial score (nSPS) is 12.5. The Hall–Kier alpha value is -1.43. The van der Waals surface area contributed by atoms with Crippen LogP contribution in [0.5, 0.6) is 0 Å². The molecule has 1 unspecified atom stereocenters. The van der Waals surface area contributed by atoms with Crippen molar-refractivity contribution in [3.05, 3.63) is 17.5 Å². The Kier molecular flexibility index (Phi) is 4.84. The second kappa shape index (κ2) is 5.95. The summed E-state index contributed by atoms with van der Waals surface area (Å²) in [5.74, 6) is -0.0329. The van der Waals surface area contributed by atoms with E-state index in [2.05, 4.69) is 10.4 Å². The highest BCUT2D eigenvalue weighted by molar-refractivity contribution is 7.80. The van der Waals surface area contributed by atoms with Crippen LogP contribution < -0.4 is 11.1 Å². The zero-order chi connectivity index (χ0) is 13.9. The lowest BCUT2D eigenvalue weighted by molar-refractivity contribution is 0.0929. The van der Waals surface area contributed by atoms with Crippen molar-refractivity contribution in [1.82, 2.24) is 15.1 Å². The molecule has 1 amide bonds. The molecular weight excluding hydrogens is 248 g/mol.